The second kappa shape index (κ2) is 4.59. The Morgan fingerprint density at radius 1 is 1.41 bits per heavy atom. The van der Waals surface area contributed by atoms with Gasteiger partial charge in [0.05, 0.1) is 18.3 Å². The molecule has 0 aliphatic rings. The van der Waals surface area contributed by atoms with Gasteiger partial charge in [-0.1, -0.05) is 6.92 Å². The van der Waals surface area contributed by atoms with Crippen molar-refractivity contribution in [2.75, 3.05) is 12.5 Å². The average molecular weight is 231 g/mol. The molecule has 0 saturated carbocycles. The lowest BCUT2D eigenvalue weighted by Gasteiger charge is -2.14. The molecule has 0 radical (unpaired) electrons. The highest BCUT2D eigenvalue weighted by molar-refractivity contribution is 5.94. The maximum absolute atomic E-state index is 5.63. The highest BCUT2D eigenvalue weighted by Crippen LogP contribution is 2.30. The third-order valence-corrected chi connectivity index (χ3v) is 3.00. The van der Waals surface area contributed by atoms with Gasteiger partial charge in [0, 0.05) is 11.1 Å². The summed E-state index contributed by atoms with van der Waals surface area (Å²) in [6.07, 6.45) is 0.894. The minimum atomic E-state index is 0.807. The van der Waals surface area contributed by atoms with Crippen LogP contribution in [0.3, 0.4) is 0 Å². The molecule has 17 heavy (non-hydrogen) atoms. The number of rotatable bonds is 3. The third kappa shape index (κ3) is 1.91. The number of benzene rings is 1. The molecule has 2 rings (SSSR count). The van der Waals surface area contributed by atoms with Crippen LogP contribution >= 0.6 is 0 Å². The van der Waals surface area contributed by atoms with Gasteiger partial charge in [-0.3, -0.25) is 10.8 Å². The number of hydrogen-bond acceptors (Lipinski definition) is 4. The number of hydrogen-bond donors (Lipinski definition) is 2. The van der Waals surface area contributed by atoms with Gasteiger partial charge >= 0.3 is 0 Å². The molecular formula is C13H17N3O. The molecule has 1 aromatic carbocycles. The number of aryl methyl sites for hydroxylation is 1. The zero-order valence-corrected chi connectivity index (χ0v) is 10.4. The molecule has 1 heterocycles. The Bertz CT molecular complexity index is 552. The Labute approximate surface area is 101 Å². The van der Waals surface area contributed by atoms with Gasteiger partial charge in [-0.2, -0.15) is 0 Å². The summed E-state index contributed by atoms with van der Waals surface area (Å²) in [5, 5.41) is 0.995. The van der Waals surface area contributed by atoms with E-state index in [1.54, 1.807) is 7.11 Å². The normalized spacial score (nSPS) is 10.6. The number of nitrogens with one attached hydrogen (secondary N) is 1. The fourth-order valence-electron chi connectivity index (χ4n) is 2.13. The molecule has 0 fully saturated rings. The predicted octanol–water partition coefficient (Wildman–Crippen LogP) is 2.40. The van der Waals surface area contributed by atoms with Gasteiger partial charge in [0.15, 0.2) is 0 Å². The number of nitrogens with zero attached hydrogens (tertiary/aromatic N) is 1. The van der Waals surface area contributed by atoms with Crippen molar-refractivity contribution in [3.05, 3.63) is 29.5 Å². The average Bonchev–Trinajstić information content (AvgIpc) is 2.36. The van der Waals surface area contributed by atoms with Crippen molar-refractivity contribution in [3.8, 4) is 5.75 Å². The van der Waals surface area contributed by atoms with Crippen LogP contribution in [0.25, 0.3) is 10.9 Å². The molecule has 4 heteroatoms. The lowest BCUT2D eigenvalue weighted by molar-refractivity contribution is 0.415. The topological polar surface area (TPSA) is 60.2 Å². The first-order valence-corrected chi connectivity index (χ1v) is 5.65. The van der Waals surface area contributed by atoms with Gasteiger partial charge in [-0.25, -0.2) is 0 Å². The van der Waals surface area contributed by atoms with Crippen molar-refractivity contribution in [2.45, 2.75) is 20.3 Å². The van der Waals surface area contributed by atoms with Crippen LogP contribution in [0.2, 0.25) is 0 Å². The molecule has 90 valence electrons. The largest absolute Gasteiger partial charge is 0.497 e. The quantitative estimate of drug-likeness (QED) is 0.629. The first-order valence-electron chi connectivity index (χ1n) is 5.65. The van der Waals surface area contributed by atoms with Gasteiger partial charge < -0.3 is 10.2 Å². The Balaban J connectivity index is 2.80. The van der Waals surface area contributed by atoms with Gasteiger partial charge in [-0.15, -0.1) is 0 Å². The van der Waals surface area contributed by atoms with Crippen molar-refractivity contribution in [3.63, 3.8) is 0 Å². The van der Waals surface area contributed by atoms with Crippen LogP contribution < -0.4 is 16.0 Å². The lowest BCUT2D eigenvalue weighted by atomic mass is 10.0. The Morgan fingerprint density at radius 3 is 2.76 bits per heavy atom. The van der Waals surface area contributed by atoms with E-state index in [-0.39, 0.29) is 0 Å². The van der Waals surface area contributed by atoms with Crippen LogP contribution in [-0.4, -0.2) is 12.1 Å². The molecule has 0 aliphatic heterocycles. The van der Waals surface area contributed by atoms with E-state index in [4.69, 9.17) is 10.6 Å². The van der Waals surface area contributed by atoms with E-state index in [2.05, 4.69) is 17.3 Å². The summed E-state index contributed by atoms with van der Waals surface area (Å²) in [7, 11) is 1.65. The van der Waals surface area contributed by atoms with Crippen LogP contribution in [-0.2, 0) is 6.42 Å². The smallest absolute Gasteiger partial charge is 0.119 e. The summed E-state index contributed by atoms with van der Waals surface area (Å²) in [6, 6.07) is 5.80. The maximum Gasteiger partial charge on any atom is 0.119 e. The molecule has 2 aromatic rings. The first kappa shape index (κ1) is 11.7. The van der Waals surface area contributed by atoms with E-state index in [1.807, 2.05) is 25.1 Å². The summed E-state index contributed by atoms with van der Waals surface area (Å²) in [5.74, 6) is 6.44. The summed E-state index contributed by atoms with van der Waals surface area (Å²) in [6.45, 7) is 4.10. The zero-order chi connectivity index (χ0) is 12.4. The second-order valence-corrected chi connectivity index (χ2v) is 3.93. The number of hydrazine groups is 1. The van der Waals surface area contributed by atoms with E-state index in [1.165, 1.54) is 0 Å². The fourth-order valence-corrected chi connectivity index (χ4v) is 2.13. The van der Waals surface area contributed by atoms with Crippen molar-refractivity contribution in [2.24, 2.45) is 5.84 Å². The van der Waals surface area contributed by atoms with Crippen LogP contribution in [0.15, 0.2) is 18.2 Å². The summed E-state index contributed by atoms with van der Waals surface area (Å²) < 4.78 is 5.23. The van der Waals surface area contributed by atoms with E-state index in [9.17, 15) is 0 Å². The predicted molar refractivity (Wildman–Crippen MR) is 70.2 cm³/mol. The van der Waals surface area contributed by atoms with Gasteiger partial charge in [-0.05, 0) is 37.1 Å². The number of pyridine rings is 1. The standard InChI is InChI=1S/C13H17N3O/c1-4-10-8(2)15-12-6-5-9(17-3)7-11(12)13(10)16-14/h5-7H,4,14H2,1-3H3,(H,15,16). The minimum Gasteiger partial charge on any atom is -0.497 e. The molecular weight excluding hydrogens is 214 g/mol. The van der Waals surface area contributed by atoms with Gasteiger partial charge in [0.1, 0.15) is 5.75 Å². The number of aromatic nitrogens is 1. The summed E-state index contributed by atoms with van der Waals surface area (Å²) in [4.78, 5) is 4.58. The van der Waals surface area contributed by atoms with E-state index < -0.39 is 0 Å². The molecule has 0 unspecified atom stereocenters. The number of fused-ring (bicyclic) bond motifs is 1. The number of nitrogens with two attached hydrogens (primary N) is 1. The van der Waals surface area contributed by atoms with Crippen molar-refractivity contribution in [1.82, 2.24) is 4.98 Å². The highest BCUT2D eigenvalue weighted by atomic mass is 16.5. The summed E-state index contributed by atoms with van der Waals surface area (Å²) >= 11 is 0. The SMILES string of the molecule is CCc1c(C)nc2ccc(OC)cc2c1NN. The summed E-state index contributed by atoms with van der Waals surface area (Å²) in [5.41, 5.74) is 6.81. The molecule has 0 saturated heterocycles. The first-order chi connectivity index (χ1) is 8.21. The van der Waals surface area contributed by atoms with Crippen molar-refractivity contribution < 1.29 is 4.74 Å². The lowest BCUT2D eigenvalue weighted by Crippen LogP contribution is -2.11. The van der Waals surface area contributed by atoms with Crippen LogP contribution in [0.5, 0.6) is 5.75 Å². The zero-order valence-electron chi connectivity index (χ0n) is 10.4. The van der Waals surface area contributed by atoms with Crippen LogP contribution in [0, 0.1) is 6.92 Å². The number of methoxy groups -OCH3 is 1. The van der Waals surface area contributed by atoms with Crippen molar-refractivity contribution in [1.29, 1.82) is 0 Å². The molecule has 0 bridgehead atoms. The third-order valence-electron chi connectivity index (χ3n) is 3.00. The van der Waals surface area contributed by atoms with Gasteiger partial charge in [0.2, 0.25) is 0 Å². The Kier molecular flexibility index (Phi) is 3.15. The minimum absolute atomic E-state index is 0.807. The van der Waals surface area contributed by atoms with Crippen molar-refractivity contribution >= 4 is 16.6 Å². The van der Waals surface area contributed by atoms with E-state index >= 15 is 0 Å². The number of anilines is 1. The van der Waals surface area contributed by atoms with Gasteiger partial charge in [0.25, 0.3) is 0 Å². The molecule has 0 spiro atoms. The Morgan fingerprint density at radius 2 is 2.18 bits per heavy atom. The maximum atomic E-state index is 5.63. The molecule has 4 nitrogen and oxygen atoms in total. The molecule has 1 aromatic heterocycles. The second-order valence-electron chi connectivity index (χ2n) is 3.93. The van der Waals surface area contributed by atoms with E-state index in [0.29, 0.717) is 0 Å². The Hall–Kier alpha value is -1.81. The fraction of sp³-hybridized carbons (Fsp3) is 0.308. The highest BCUT2D eigenvalue weighted by Gasteiger charge is 2.11. The monoisotopic (exact) mass is 231 g/mol. The van der Waals surface area contributed by atoms with Crippen LogP contribution in [0.1, 0.15) is 18.2 Å². The number of nitrogen functional groups attached to an aromatic ring is 1. The molecule has 0 aliphatic carbocycles. The molecule has 0 atom stereocenters. The number of ether oxygens (including phenoxy) is 1. The molecule has 3 N–H and O–H groups in total. The van der Waals surface area contributed by atoms with E-state index in [0.717, 1.165) is 40.0 Å². The molecule has 0 amide bonds. The van der Waals surface area contributed by atoms with Crippen LogP contribution in [0.4, 0.5) is 5.69 Å².